The third-order valence-corrected chi connectivity index (χ3v) is 4.06. The molecule has 3 aromatic heterocycles. The minimum atomic E-state index is -4.78. The highest BCUT2D eigenvalue weighted by Gasteiger charge is 2.37. The number of hydrogen-bond acceptors (Lipinski definition) is 3. The van der Waals surface area contributed by atoms with Crippen LogP contribution in [0, 0.1) is 6.92 Å². The lowest BCUT2D eigenvalue weighted by Crippen LogP contribution is -2.07. The molecule has 1 N–H and O–H groups in total. The smallest absolute Gasteiger partial charge is 0.278 e. The fourth-order valence-corrected chi connectivity index (χ4v) is 2.94. The van der Waals surface area contributed by atoms with Gasteiger partial charge in [0.25, 0.3) is 12.2 Å². The largest absolute Gasteiger partial charge is 0.453 e. The second-order valence-electron chi connectivity index (χ2n) is 5.78. The van der Waals surface area contributed by atoms with Crippen LogP contribution in [0.15, 0.2) is 30.6 Å². The molecule has 10 heteroatoms. The van der Waals surface area contributed by atoms with Crippen LogP contribution in [0.3, 0.4) is 0 Å². The van der Waals surface area contributed by atoms with Gasteiger partial charge >= 0.3 is 6.18 Å². The van der Waals surface area contributed by atoms with E-state index >= 15 is 0 Å². The van der Waals surface area contributed by atoms with E-state index in [1.165, 1.54) is 6.20 Å². The average Bonchev–Trinajstić information content (AvgIpc) is 3.19. The Kier molecular flexibility index (Phi) is 3.46. The normalized spacial score (nSPS) is 12.6. The first-order chi connectivity index (χ1) is 12.3. The standard InChI is InChI=1S/C16H10F5N5/c1-7-4-8(5-9-6-22-24-12(7)9)11-10(13(17)18)2-3-26-14(11)23-15(25-26)16(19,20)21/h2-6,13H,1H3,(H,22,24). The van der Waals surface area contributed by atoms with Gasteiger partial charge in [0.15, 0.2) is 5.65 Å². The van der Waals surface area contributed by atoms with Crippen molar-refractivity contribution in [1.29, 1.82) is 0 Å². The summed E-state index contributed by atoms with van der Waals surface area (Å²) in [5, 5.41) is 10.7. The average molecular weight is 367 g/mol. The Morgan fingerprint density at radius 2 is 1.96 bits per heavy atom. The van der Waals surface area contributed by atoms with Gasteiger partial charge in [-0.05, 0) is 36.2 Å². The SMILES string of the molecule is Cc1cc(-c2c(C(F)F)ccn3nc(C(F)(F)F)nc23)cc2cn[nH]c12. The van der Waals surface area contributed by atoms with Gasteiger partial charge in [0, 0.05) is 22.7 Å². The van der Waals surface area contributed by atoms with Crippen LogP contribution in [-0.2, 0) is 6.18 Å². The van der Waals surface area contributed by atoms with Gasteiger partial charge in [0.2, 0.25) is 0 Å². The number of halogens is 5. The number of pyridine rings is 1. The van der Waals surface area contributed by atoms with E-state index < -0.39 is 24.0 Å². The molecule has 0 unspecified atom stereocenters. The highest BCUT2D eigenvalue weighted by molar-refractivity contribution is 5.90. The first kappa shape index (κ1) is 16.4. The van der Waals surface area contributed by atoms with E-state index in [9.17, 15) is 22.0 Å². The van der Waals surface area contributed by atoms with Crippen molar-refractivity contribution in [3.63, 3.8) is 0 Å². The van der Waals surface area contributed by atoms with Crippen molar-refractivity contribution in [2.45, 2.75) is 19.5 Å². The molecule has 134 valence electrons. The Labute approximate surface area is 142 Å². The fraction of sp³-hybridized carbons (Fsp3) is 0.188. The fourth-order valence-electron chi connectivity index (χ4n) is 2.94. The summed E-state index contributed by atoms with van der Waals surface area (Å²) in [5.41, 5.74) is 0.970. The lowest BCUT2D eigenvalue weighted by molar-refractivity contribution is -0.144. The molecule has 0 fully saturated rings. The lowest BCUT2D eigenvalue weighted by Gasteiger charge is -2.11. The highest BCUT2D eigenvalue weighted by atomic mass is 19.4. The molecule has 0 saturated carbocycles. The maximum Gasteiger partial charge on any atom is 0.453 e. The van der Waals surface area contributed by atoms with E-state index in [4.69, 9.17) is 0 Å². The summed E-state index contributed by atoms with van der Waals surface area (Å²) < 4.78 is 66.8. The first-order valence-electron chi connectivity index (χ1n) is 7.44. The van der Waals surface area contributed by atoms with Crippen LogP contribution in [0.1, 0.15) is 23.4 Å². The minimum absolute atomic E-state index is 0.0864. The molecule has 0 bridgehead atoms. The van der Waals surface area contributed by atoms with Gasteiger partial charge in [-0.1, -0.05) is 0 Å². The minimum Gasteiger partial charge on any atom is -0.278 e. The molecule has 0 amide bonds. The van der Waals surface area contributed by atoms with Gasteiger partial charge in [-0.2, -0.15) is 18.3 Å². The molecule has 0 aliphatic heterocycles. The molecule has 4 rings (SSSR count). The third-order valence-electron chi connectivity index (χ3n) is 4.06. The van der Waals surface area contributed by atoms with Gasteiger partial charge < -0.3 is 0 Å². The van der Waals surface area contributed by atoms with Crippen LogP contribution in [0.25, 0.3) is 27.7 Å². The second kappa shape index (κ2) is 5.48. The van der Waals surface area contributed by atoms with Crippen molar-refractivity contribution in [3.05, 3.63) is 47.5 Å². The van der Waals surface area contributed by atoms with Crippen LogP contribution in [0.2, 0.25) is 0 Å². The number of nitrogens with zero attached hydrogens (tertiary/aromatic N) is 4. The number of rotatable bonds is 2. The lowest BCUT2D eigenvalue weighted by atomic mass is 9.98. The number of alkyl halides is 5. The molecular weight excluding hydrogens is 357 g/mol. The topological polar surface area (TPSA) is 58.9 Å². The molecule has 0 saturated heterocycles. The Morgan fingerprint density at radius 3 is 2.65 bits per heavy atom. The van der Waals surface area contributed by atoms with E-state index in [1.807, 2.05) is 0 Å². The van der Waals surface area contributed by atoms with E-state index in [0.29, 0.717) is 16.5 Å². The summed E-state index contributed by atoms with van der Waals surface area (Å²) in [5.74, 6) is -1.38. The summed E-state index contributed by atoms with van der Waals surface area (Å²) >= 11 is 0. The first-order valence-corrected chi connectivity index (χ1v) is 7.44. The molecule has 0 aliphatic carbocycles. The molecule has 0 atom stereocenters. The molecule has 0 spiro atoms. The van der Waals surface area contributed by atoms with E-state index in [0.717, 1.165) is 22.3 Å². The Bertz CT molecular complexity index is 1130. The Balaban J connectivity index is 2.07. The van der Waals surface area contributed by atoms with Crippen molar-refractivity contribution in [3.8, 4) is 11.1 Å². The number of benzene rings is 1. The monoisotopic (exact) mass is 367 g/mol. The van der Waals surface area contributed by atoms with Gasteiger partial charge in [-0.25, -0.2) is 18.3 Å². The molecule has 0 radical (unpaired) electrons. The molecule has 5 nitrogen and oxygen atoms in total. The number of hydrogen-bond donors (Lipinski definition) is 1. The molecule has 26 heavy (non-hydrogen) atoms. The van der Waals surface area contributed by atoms with Crippen LogP contribution in [-0.4, -0.2) is 24.8 Å². The molecular formula is C16H10F5N5. The number of fused-ring (bicyclic) bond motifs is 2. The van der Waals surface area contributed by atoms with E-state index in [-0.39, 0.29) is 11.2 Å². The molecule has 1 aromatic carbocycles. The highest BCUT2D eigenvalue weighted by Crippen LogP contribution is 2.37. The number of H-pyrrole nitrogens is 1. The zero-order valence-electron chi connectivity index (χ0n) is 13.1. The number of aromatic nitrogens is 5. The van der Waals surface area contributed by atoms with Crippen molar-refractivity contribution in [2.24, 2.45) is 0 Å². The van der Waals surface area contributed by atoms with Crippen LogP contribution in [0.4, 0.5) is 22.0 Å². The summed E-state index contributed by atoms with van der Waals surface area (Å²) in [6.45, 7) is 1.75. The number of aryl methyl sites for hydroxylation is 1. The predicted molar refractivity (Wildman–Crippen MR) is 82.8 cm³/mol. The van der Waals surface area contributed by atoms with Crippen LogP contribution in [0.5, 0.6) is 0 Å². The van der Waals surface area contributed by atoms with Crippen LogP contribution < -0.4 is 0 Å². The maximum absolute atomic E-state index is 13.5. The third kappa shape index (κ3) is 2.49. The summed E-state index contributed by atoms with van der Waals surface area (Å²) in [6.07, 6.45) is -5.11. The summed E-state index contributed by atoms with van der Waals surface area (Å²) in [6, 6.07) is 4.23. The van der Waals surface area contributed by atoms with Crippen molar-refractivity contribution in [2.75, 3.05) is 0 Å². The van der Waals surface area contributed by atoms with Crippen molar-refractivity contribution < 1.29 is 22.0 Å². The van der Waals surface area contributed by atoms with Gasteiger partial charge in [0.1, 0.15) is 0 Å². The Morgan fingerprint density at radius 1 is 1.19 bits per heavy atom. The quantitative estimate of drug-likeness (QED) is 0.529. The van der Waals surface area contributed by atoms with Gasteiger partial charge in [-0.3, -0.25) is 5.10 Å². The number of aromatic amines is 1. The van der Waals surface area contributed by atoms with Crippen molar-refractivity contribution in [1.82, 2.24) is 24.8 Å². The molecule has 0 aliphatic rings. The summed E-state index contributed by atoms with van der Waals surface area (Å²) in [7, 11) is 0. The summed E-state index contributed by atoms with van der Waals surface area (Å²) in [4.78, 5) is 3.47. The maximum atomic E-state index is 13.5. The van der Waals surface area contributed by atoms with Gasteiger partial charge in [0.05, 0.1) is 11.7 Å². The second-order valence-corrected chi connectivity index (χ2v) is 5.78. The Hall–Kier alpha value is -3.04. The predicted octanol–water partition coefficient (Wildman–Crippen LogP) is 4.54. The molecule has 4 aromatic rings. The van der Waals surface area contributed by atoms with Crippen LogP contribution >= 0.6 is 0 Å². The zero-order chi connectivity index (χ0) is 18.6. The molecule has 3 heterocycles. The van der Waals surface area contributed by atoms with E-state index in [1.54, 1.807) is 19.1 Å². The van der Waals surface area contributed by atoms with Gasteiger partial charge in [-0.15, -0.1) is 5.10 Å². The van der Waals surface area contributed by atoms with E-state index in [2.05, 4.69) is 20.3 Å². The number of nitrogens with one attached hydrogen (secondary N) is 1. The van der Waals surface area contributed by atoms with Crippen molar-refractivity contribution >= 4 is 16.6 Å². The zero-order valence-corrected chi connectivity index (χ0v) is 13.1.